The van der Waals surface area contributed by atoms with E-state index in [0.717, 1.165) is 50.7 Å². The fourth-order valence-corrected chi connectivity index (χ4v) is 3.66. The van der Waals surface area contributed by atoms with Crippen LogP contribution in [-0.4, -0.2) is 72.5 Å². The summed E-state index contributed by atoms with van der Waals surface area (Å²) in [4.78, 5) is 48.3. The number of aliphatic hydroxyl groups is 2. The van der Waals surface area contributed by atoms with Gasteiger partial charge in [0.25, 0.3) is 0 Å². The van der Waals surface area contributed by atoms with Crippen LogP contribution in [0, 0.1) is 0 Å². The Balaban J connectivity index is 4.28. The highest BCUT2D eigenvalue weighted by molar-refractivity contribution is 5.96. The Labute approximate surface area is 274 Å². The molecule has 0 saturated heterocycles. The average Bonchev–Trinajstić information content (AvgIpc) is 3.05. The molecule has 0 aromatic heterocycles. The maximum atomic E-state index is 12.5. The zero-order chi connectivity index (χ0) is 34.1. The maximum Gasteiger partial charge on any atom is 0.330 e. The number of carbonyl (C=O) groups excluding carboxylic acids is 4. The van der Waals surface area contributed by atoms with E-state index >= 15 is 0 Å². The number of hydrogen-bond donors (Lipinski definition) is 4. The molecule has 0 fully saturated rings. The first-order valence-electron chi connectivity index (χ1n) is 16.1. The number of hydrogen-bond acceptors (Lipinski definition) is 8. The van der Waals surface area contributed by atoms with E-state index in [2.05, 4.69) is 78.3 Å². The summed E-state index contributed by atoms with van der Waals surface area (Å²) in [6, 6.07) is -1.12. The third kappa shape index (κ3) is 26.4. The fourth-order valence-electron chi connectivity index (χ4n) is 3.66. The number of ether oxygens (including phenoxy) is 2. The Morgan fingerprint density at radius 1 is 0.717 bits per heavy atom. The van der Waals surface area contributed by atoms with Crippen molar-refractivity contribution in [1.82, 2.24) is 10.6 Å². The van der Waals surface area contributed by atoms with Crippen molar-refractivity contribution in [2.75, 3.05) is 26.4 Å². The lowest BCUT2D eigenvalue weighted by Crippen LogP contribution is -2.44. The summed E-state index contributed by atoms with van der Waals surface area (Å²) in [6.45, 7) is 3.01. The molecule has 4 N–H and O–H groups in total. The lowest BCUT2D eigenvalue weighted by atomic mass is 10.1. The van der Waals surface area contributed by atoms with Gasteiger partial charge in [0.1, 0.15) is 12.1 Å². The van der Waals surface area contributed by atoms with Crippen LogP contribution in [0.1, 0.15) is 78.1 Å². The topological polar surface area (TPSA) is 151 Å². The first-order valence-corrected chi connectivity index (χ1v) is 16.1. The molecule has 10 nitrogen and oxygen atoms in total. The molecular weight excluding hydrogens is 588 g/mol. The van der Waals surface area contributed by atoms with Gasteiger partial charge in [-0.3, -0.25) is 9.59 Å². The van der Waals surface area contributed by atoms with Crippen LogP contribution in [0.4, 0.5) is 0 Å². The molecule has 0 aliphatic rings. The van der Waals surface area contributed by atoms with Gasteiger partial charge in [-0.2, -0.15) is 0 Å². The van der Waals surface area contributed by atoms with Gasteiger partial charge in [-0.05, 0) is 64.7 Å². The number of carbonyl (C=O) groups is 4. The Morgan fingerprint density at radius 3 is 1.74 bits per heavy atom. The summed E-state index contributed by atoms with van der Waals surface area (Å²) >= 11 is 0. The average molecular weight is 643 g/mol. The van der Waals surface area contributed by atoms with Crippen molar-refractivity contribution in [2.45, 2.75) is 90.2 Å². The van der Waals surface area contributed by atoms with E-state index in [-0.39, 0.29) is 25.5 Å². The molecule has 0 aromatic carbocycles. The van der Waals surface area contributed by atoms with Crippen LogP contribution in [0.5, 0.6) is 0 Å². The Hall–Kier alpha value is -4.02. The Bertz CT molecular complexity index is 1050. The van der Waals surface area contributed by atoms with Crippen molar-refractivity contribution in [3.05, 3.63) is 85.1 Å². The van der Waals surface area contributed by atoms with Crippen molar-refractivity contribution < 1.29 is 38.9 Å². The largest absolute Gasteiger partial charge is 0.463 e. The number of aliphatic hydroxyl groups excluding tert-OH is 2. The van der Waals surface area contributed by atoms with E-state index in [1.165, 1.54) is 0 Å². The van der Waals surface area contributed by atoms with Crippen LogP contribution in [-0.2, 0) is 28.7 Å². The summed E-state index contributed by atoms with van der Waals surface area (Å²) in [6.07, 6.45) is 33.3. The Morgan fingerprint density at radius 2 is 1.24 bits per heavy atom. The van der Waals surface area contributed by atoms with E-state index in [1.54, 1.807) is 6.92 Å². The van der Waals surface area contributed by atoms with E-state index in [0.29, 0.717) is 19.3 Å². The maximum absolute atomic E-state index is 12.5. The molecule has 256 valence electrons. The second-order valence-corrected chi connectivity index (χ2v) is 10.0. The highest BCUT2D eigenvalue weighted by Gasteiger charge is 2.24. The SMILES string of the molecule is CC/C=C\C/C=C\C/C=C\C/C=C\C/C=C\C/C=C\CCC(=O)NCCC[C@H](NC(=O)/C=C/C(=O)OCC)C(=O)OC(CO)CO. The van der Waals surface area contributed by atoms with Crippen LogP contribution in [0.2, 0.25) is 0 Å². The number of esters is 2. The molecule has 1 atom stereocenters. The molecule has 0 heterocycles. The van der Waals surface area contributed by atoms with Gasteiger partial charge >= 0.3 is 11.9 Å². The first-order chi connectivity index (χ1) is 22.4. The van der Waals surface area contributed by atoms with Gasteiger partial charge in [0.05, 0.1) is 19.8 Å². The van der Waals surface area contributed by atoms with Crippen molar-refractivity contribution in [1.29, 1.82) is 0 Å². The lowest BCUT2D eigenvalue weighted by molar-refractivity contribution is -0.157. The van der Waals surface area contributed by atoms with Crippen LogP contribution >= 0.6 is 0 Å². The van der Waals surface area contributed by atoms with Gasteiger partial charge < -0.3 is 30.3 Å². The molecule has 0 unspecified atom stereocenters. The molecule has 0 saturated carbocycles. The number of rotatable bonds is 26. The van der Waals surface area contributed by atoms with Gasteiger partial charge in [0, 0.05) is 25.1 Å². The van der Waals surface area contributed by atoms with Gasteiger partial charge in [-0.1, -0.05) is 79.8 Å². The normalized spacial score (nSPS) is 13.0. The van der Waals surface area contributed by atoms with E-state index in [1.807, 2.05) is 12.2 Å². The summed E-state index contributed by atoms with van der Waals surface area (Å²) in [7, 11) is 0. The van der Waals surface area contributed by atoms with E-state index in [4.69, 9.17) is 9.47 Å². The monoisotopic (exact) mass is 642 g/mol. The zero-order valence-corrected chi connectivity index (χ0v) is 27.5. The van der Waals surface area contributed by atoms with Crippen LogP contribution < -0.4 is 10.6 Å². The highest BCUT2D eigenvalue weighted by Crippen LogP contribution is 2.04. The zero-order valence-electron chi connectivity index (χ0n) is 27.5. The second-order valence-electron chi connectivity index (χ2n) is 10.0. The summed E-state index contributed by atoms with van der Waals surface area (Å²) < 4.78 is 9.74. The summed E-state index contributed by atoms with van der Waals surface area (Å²) in [5, 5.41) is 23.6. The van der Waals surface area contributed by atoms with Crippen LogP contribution in [0.3, 0.4) is 0 Å². The van der Waals surface area contributed by atoms with Crippen LogP contribution in [0.15, 0.2) is 85.1 Å². The molecule has 10 heteroatoms. The summed E-state index contributed by atoms with van der Waals surface area (Å²) in [5.41, 5.74) is 0. The van der Waals surface area contributed by atoms with Crippen molar-refractivity contribution in [3.63, 3.8) is 0 Å². The molecule has 0 aliphatic heterocycles. The second kappa shape index (κ2) is 31.0. The molecule has 0 rings (SSSR count). The van der Waals surface area contributed by atoms with E-state index in [9.17, 15) is 29.4 Å². The van der Waals surface area contributed by atoms with Crippen molar-refractivity contribution >= 4 is 23.8 Å². The van der Waals surface area contributed by atoms with E-state index < -0.39 is 43.2 Å². The Kier molecular flexibility index (Phi) is 28.3. The van der Waals surface area contributed by atoms with Gasteiger partial charge in [-0.25, -0.2) is 9.59 Å². The molecule has 46 heavy (non-hydrogen) atoms. The predicted octanol–water partition coefficient (Wildman–Crippen LogP) is 4.86. The third-order valence-electron chi connectivity index (χ3n) is 6.07. The minimum Gasteiger partial charge on any atom is -0.463 e. The smallest absolute Gasteiger partial charge is 0.330 e. The minimum absolute atomic E-state index is 0.120. The lowest BCUT2D eigenvalue weighted by Gasteiger charge is -2.20. The molecule has 0 aliphatic carbocycles. The number of amides is 2. The minimum atomic E-state index is -1.13. The van der Waals surface area contributed by atoms with Gasteiger partial charge in [0.15, 0.2) is 0 Å². The van der Waals surface area contributed by atoms with Gasteiger partial charge in [0.2, 0.25) is 11.8 Å². The number of allylic oxidation sites excluding steroid dienone is 12. The molecule has 0 radical (unpaired) electrons. The highest BCUT2D eigenvalue weighted by atomic mass is 16.6. The van der Waals surface area contributed by atoms with Crippen LogP contribution in [0.25, 0.3) is 0 Å². The molecule has 2 amide bonds. The standard InChI is InChI=1S/C36H54N2O8/c1-3-5-6-7-8-9-10-11-12-13-14-15-16-17-18-19-20-21-22-25-33(41)37-28-23-24-32(36(44)46-31(29-39)30-40)38-34(42)26-27-35(43)45-4-2/h5-6,8-9,11-12,14-15,17-18,20-21,26-27,31-32,39-40H,3-4,7,10,13,16,19,22-25,28-30H2,1-2H3,(H,37,41)(H,38,42)/b6-5-,9-8-,12-11-,15-14-,18-17-,21-20-,27-26+/t32-/m0/s1. The number of nitrogens with one attached hydrogen (secondary N) is 2. The molecule has 0 spiro atoms. The molecule has 0 aromatic rings. The van der Waals surface area contributed by atoms with Crippen molar-refractivity contribution in [2.24, 2.45) is 0 Å². The fraction of sp³-hybridized carbons (Fsp3) is 0.500. The third-order valence-corrected chi connectivity index (χ3v) is 6.07. The molecule has 0 bridgehead atoms. The molecular formula is C36H54N2O8. The first kappa shape index (κ1) is 42.0. The quantitative estimate of drug-likeness (QED) is 0.0452. The van der Waals surface area contributed by atoms with Crippen molar-refractivity contribution in [3.8, 4) is 0 Å². The summed E-state index contributed by atoms with van der Waals surface area (Å²) in [5.74, 6) is -2.42. The predicted molar refractivity (Wildman–Crippen MR) is 181 cm³/mol. The van der Waals surface area contributed by atoms with Gasteiger partial charge in [-0.15, -0.1) is 0 Å².